The molecule has 0 aliphatic rings. The van der Waals surface area contributed by atoms with Gasteiger partial charge in [0.25, 0.3) is 5.91 Å². The average molecular weight is 299 g/mol. The Morgan fingerprint density at radius 3 is 2.74 bits per heavy atom. The van der Waals surface area contributed by atoms with Crippen molar-refractivity contribution in [2.24, 2.45) is 0 Å². The van der Waals surface area contributed by atoms with E-state index in [2.05, 4.69) is 15.5 Å². The number of nitrogens with zero attached hydrogens (tertiary/aromatic N) is 1. The Balaban J connectivity index is 2.12. The second-order valence-electron chi connectivity index (χ2n) is 4.07. The summed E-state index contributed by atoms with van der Waals surface area (Å²) in [4.78, 5) is 11.9. The molecule has 19 heavy (non-hydrogen) atoms. The molecule has 100 valence electrons. The number of rotatable bonds is 3. The van der Waals surface area contributed by atoms with Crippen LogP contribution in [0.25, 0.3) is 0 Å². The monoisotopic (exact) mass is 298 g/mol. The van der Waals surface area contributed by atoms with Crippen molar-refractivity contribution in [1.82, 2.24) is 15.5 Å². The van der Waals surface area contributed by atoms with E-state index in [1.807, 2.05) is 6.92 Å². The van der Waals surface area contributed by atoms with Crippen LogP contribution in [-0.2, 0) is 0 Å². The lowest BCUT2D eigenvalue weighted by Gasteiger charge is -2.15. The third-order valence-electron chi connectivity index (χ3n) is 2.62. The SMILES string of the molecule is CC(NC(=O)c1cc(N)n[nH]1)c1ccc(Cl)cc1Cl. The van der Waals surface area contributed by atoms with E-state index in [0.717, 1.165) is 5.56 Å². The molecule has 0 saturated heterocycles. The van der Waals surface area contributed by atoms with Gasteiger partial charge in [0.05, 0.1) is 6.04 Å². The van der Waals surface area contributed by atoms with E-state index < -0.39 is 0 Å². The molecule has 5 nitrogen and oxygen atoms in total. The van der Waals surface area contributed by atoms with Crippen molar-refractivity contribution in [2.75, 3.05) is 5.73 Å². The van der Waals surface area contributed by atoms with E-state index in [0.29, 0.717) is 15.7 Å². The molecule has 2 aromatic rings. The van der Waals surface area contributed by atoms with Crippen LogP contribution in [0.1, 0.15) is 29.0 Å². The number of anilines is 1. The first-order chi connectivity index (χ1) is 8.97. The summed E-state index contributed by atoms with van der Waals surface area (Å²) >= 11 is 11.9. The van der Waals surface area contributed by atoms with Gasteiger partial charge in [-0.15, -0.1) is 0 Å². The summed E-state index contributed by atoms with van der Waals surface area (Å²) in [6, 6.07) is 6.33. The molecule has 0 radical (unpaired) electrons. The molecule has 0 fully saturated rings. The number of carbonyl (C=O) groups excluding carboxylic acids is 1. The number of nitrogens with two attached hydrogens (primary N) is 1. The maximum Gasteiger partial charge on any atom is 0.269 e. The zero-order chi connectivity index (χ0) is 14.0. The first-order valence-corrected chi connectivity index (χ1v) is 6.29. The van der Waals surface area contributed by atoms with Crippen molar-refractivity contribution < 1.29 is 4.79 Å². The van der Waals surface area contributed by atoms with E-state index in [9.17, 15) is 4.79 Å². The Kier molecular flexibility index (Phi) is 3.97. The fraction of sp³-hybridized carbons (Fsp3) is 0.167. The highest BCUT2D eigenvalue weighted by atomic mass is 35.5. The molecule has 1 aromatic carbocycles. The summed E-state index contributed by atoms with van der Waals surface area (Å²) in [6.07, 6.45) is 0. The number of benzene rings is 1. The molecule has 1 atom stereocenters. The van der Waals surface area contributed by atoms with Gasteiger partial charge in [-0.3, -0.25) is 9.89 Å². The Bertz CT molecular complexity index is 612. The Morgan fingerprint density at radius 1 is 1.42 bits per heavy atom. The minimum absolute atomic E-state index is 0.262. The molecule has 1 unspecified atom stereocenters. The van der Waals surface area contributed by atoms with Crippen LogP contribution in [-0.4, -0.2) is 16.1 Å². The summed E-state index contributed by atoms with van der Waals surface area (Å²) in [5.74, 6) is -0.0370. The number of carbonyl (C=O) groups is 1. The van der Waals surface area contributed by atoms with E-state index >= 15 is 0 Å². The lowest BCUT2D eigenvalue weighted by Crippen LogP contribution is -2.27. The van der Waals surface area contributed by atoms with Gasteiger partial charge in [0.2, 0.25) is 0 Å². The van der Waals surface area contributed by atoms with Crippen LogP contribution in [0.3, 0.4) is 0 Å². The summed E-state index contributed by atoms with van der Waals surface area (Å²) in [7, 11) is 0. The average Bonchev–Trinajstić information content (AvgIpc) is 2.75. The Morgan fingerprint density at radius 2 is 2.16 bits per heavy atom. The van der Waals surface area contributed by atoms with Gasteiger partial charge < -0.3 is 11.1 Å². The van der Waals surface area contributed by atoms with Crippen LogP contribution in [0.15, 0.2) is 24.3 Å². The fourth-order valence-electron chi connectivity index (χ4n) is 1.66. The van der Waals surface area contributed by atoms with Gasteiger partial charge in [-0.25, -0.2) is 0 Å². The first-order valence-electron chi connectivity index (χ1n) is 5.54. The quantitative estimate of drug-likeness (QED) is 0.814. The number of nitrogen functional groups attached to an aromatic ring is 1. The number of hydrogen-bond acceptors (Lipinski definition) is 3. The fourth-order valence-corrected chi connectivity index (χ4v) is 2.23. The molecule has 1 aromatic heterocycles. The highest BCUT2D eigenvalue weighted by molar-refractivity contribution is 6.35. The minimum atomic E-state index is -0.303. The smallest absolute Gasteiger partial charge is 0.269 e. The summed E-state index contributed by atoms with van der Waals surface area (Å²) in [5.41, 5.74) is 6.53. The zero-order valence-corrected chi connectivity index (χ0v) is 11.6. The molecule has 0 aliphatic heterocycles. The van der Waals surface area contributed by atoms with Crippen molar-refractivity contribution in [3.63, 3.8) is 0 Å². The van der Waals surface area contributed by atoms with E-state index in [1.54, 1.807) is 18.2 Å². The number of aromatic nitrogens is 2. The number of nitrogens with one attached hydrogen (secondary N) is 2. The largest absolute Gasteiger partial charge is 0.382 e. The molecule has 7 heteroatoms. The lowest BCUT2D eigenvalue weighted by atomic mass is 10.1. The molecule has 2 rings (SSSR count). The van der Waals surface area contributed by atoms with Crippen molar-refractivity contribution >= 4 is 34.9 Å². The van der Waals surface area contributed by atoms with Crippen molar-refractivity contribution in [1.29, 1.82) is 0 Å². The third-order valence-corrected chi connectivity index (χ3v) is 3.18. The molecule has 4 N–H and O–H groups in total. The van der Waals surface area contributed by atoms with E-state index in [-0.39, 0.29) is 17.8 Å². The van der Waals surface area contributed by atoms with Gasteiger partial charge >= 0.3 is 0 Å². The number of H-pyrrole nitrogens is 1. The van der Waals surface area contributed by atoms with Gasteiger partial charge in [-0.1, -0.05) is 29.3 Å². The summed E-state index contributed by atoms with van der Waals surface area (Å²) < 4.78 is 0. The van der Waals surface area contributed by atoms with Gasteiger partial charge in [0, 0.05) is 16.1 Å². The number of aromatic amines is 1. The Labute approximate surface area is 120 Å². The van der Waals surface area contributed by atoms with E-state index in [1.165, 1.54) is 6.07 Å². The molecule has 1 heterocycles. The van der Waals surface area contributed by atoms with Gasteiger partial charge in [-0.2, -0.15) is 5.10 Å². The molecule has 0 saturated carbocycles. The highest BCUT2D eigenvalue weighted by Crippen LogP contribution is 2.26. The van der Waals surface area contributed by atoms with Gasteiger partial charge in [0.1, 0.15) is 11.5 Å². The van der Waals surface area contributed by atoms with Crippen molar-refractivity contribution in [2.45, 2.75) is 13.0 Å². The predicted molar refractivity (Wildman–Crippen MR) is 75.3 cm³/mol. The second-order valence-corrected chi connectivity index (χ2v) is 4.91. The topological polar surface area (TPSA) is 83.8 Å². The normalized spacial score (nSPS) is 12.2. The number of halogens is 2. The maximum atomic E-state index is 11.9. The third kappa shape index (κ3) is 3.19. The van der Waals surface area contributed by atoms with Crippen molar-refractivity contribution in [3.05, 3.63) is 45.6 Å². The number of hydrogen-bond donors (Lipinski definition) is 3. The van der Waals surface area contributed by atoms with Gasteiger partial charge in [0.15, 0.2) is 0 Å². The maximum absolute atomic E-state index is 11.9. The minimum Gasteiger partial charge on any atom is -0.382 e. The molecule has 0 bridgehead atoms. The second kappa shape index (κ2) is 5.50. The predicted octanol–water partition coefficient (Wildman–Crippen LogP) is 2.79. The summed E-state index contributed by atoms with van der Waals surface area (Å²) in [5, 5.41) is 10.1. The first kappa shape index (κ1) is 13.7. The van der Waals surface area contributed by atoms with Crippen LogP contribution in [0.2, 0.25) is 10.0 Å². The summed E-state index contributed by atoms with van der Waals surface area (Å²) in [6.45, 7) is 1.83. The Hall–Kier alpha value is -1.72. The van der Waals surface area contributed by atoms with Crippen LogP contribution >= 0.6 is 23.2 Å². The van der Waals surface area contributed by atoms with Crippen LogP contribution in [0.5, 0.6) is 0 Å². The van der Waals surface area contributed by atoms with Crippen LogP contribution in [0.4, 0.5) is 5.82 Å². The molecular weight excluding hydrogens is 287 g/mol. The highest BCUT2D eigenvalue weighted by Gasteiger charge is 2.15. The van der Waals surface area contributed by atoms with Crippen LogP contribution < -0.4 is 11.1 Å². The standard InChI is InChI=1S/C12H12Cl2N4O/c1-6(8-3-2-7(13)4-9(8)14)16-12(19)10-5-11(15)18-17-10/h2-6H,1H3,(H,16,19)(H3,15,17,18). The molecule has 0 aliphatic carbocycles. The molecule has 0 spiro atoms. The lowest BCUT2D eigenvalue weighted by molar-refractivity contribution is 0.0935. The van der Waals surface area contributed by atoms with Gasteiger partial charge in [-0.05, 0) is 24.6 Å². The zero-order valence-electron chi connectivity index (χ0n) is 10.1. The molecule has 1 amide bonds. The van der Waals surface area contributed by atoms with Crippen LogP contribution in [0, 0.1) is 0 Å². The number of amides is 1. The molecular formula is C12H12Cl2N4O. The van der Waals surface area contributed by atoms with E-state index in [4.69, 9.17) is 28.9 Å². The van der Waals surface area contributed by atoms with Crippen molar-refractivity contribution in [3.8, 4) is 0 Å².